The Morgan fingerprint density at radius 3 is 2.48 bits per heavy atom. The summed E-state index contributed by atoms with van der Waals surface area (Å²) >= 11 is 0. The van der Waals surface area contributed by atoms with Crippen molar-refractivity contribution in [3.63, 3.8) is 0 Å². The number of halogens is 1. The van der Waals surface area contributed by atoms with Crippen LogP contribution in [0.2, 0.25) is 0 Å². The summed E-state index contributed by atoms with van der Waals surface area (Å²) in [5.41, 5.74) is 0. The fraction of sp³-hybridized carbons (Fsp3) is 0.944. The Balaban J connectivity index is 0.00000312. The maximum atomic E-state index is 5.48. The van der Waals surface area contributed by atoms with Gasteiger partial charge in [0.2, 0.25) is 0 Å². The summed E-state index contributed by atoms with van der Waals surface area (Å²) in [6.07, 6.45) is 1.23. The number of hydrogen-bond donors (Lipinski definition) is 1. The molecule has 2 saturated heterocycles. The molecule has 0 aromatic rings. The number of ether oxygens (including phenoxy) is 1. The number of hydrogen-bond acceptors (Lipinski definition) is 4. The molecule has 2 aliphatic rings. The van der Waals surface area contributed by atoms with Gasteiger partial charge in [0.05, 0.1) is 19.8 Å². The first kappa shape index (κ1) is 22.9. The monoisotopic (exact) mass is 467 g/mol. The van der Waals surface area contributed by atoms with E-state index >= 15 is 0 Å². The predicted molar refractivity (Wildman–Crippen MR) is 116 cm³/mol. The first-order chi connectivity index (χ1) is 11.7. The zero-order valence-electron chi connectivity index (χ0n) is 16.5. The van der Waals surface area contributed by atoms with Crippen molar-refractivity contribution in [1.82, 2.24) is 20.0 Å². The third kappa shape index (κ3) is 6.84. The summed E-state index contributed by atoms with van der Waals surface area (Å²) in [6, 6.07) is 1.14. The Hall–Kier alpha value is -0.120. The molecule has 7 heteroatoms. The van der Waals surface area contributed by atoms with Crippen LogP contribution in [0.4, 0.5) is 0 Å². The zero-order chi connectivity index (χ0) is 17.4. The molecule has 6 nitrogen and oxygen atoms in total. The molecule has 148 valence electrons. The van der Waals surface area contributed by atoms with E-state index in [2.05, 4.69) is 47.7 Å². The Morgan fingerprint density at radius 2 is 1.88 bits per heavy atom. The summed E-state index contributed by atoms with van der Waals surface area (Å²) in [5.74, 6) is 1.09. The van der Waals surface area contributed by atoms with Crippen molar-refractivity contribution >= 4 is 29.9 Å². The zero-order valence-corrected chi connectivity index (χ0v) is 18.9. The van der Waals surface area contributed by atoms with E-state index in [1.165, 1.54) is 6.42 Å². The van der Waals surface area contributed by atoms with Gasteiger partial charge >= 0.3 is 0 Å². The third-order valence-corrected chi connectivity index (χ3v) is 5.30. The SMILES string of the molecule is CCNC(=NCC(C)N(CC)CC)N1CCC(N2CCOCC2)C1.I. The highest BCUT2D eigenvalue weighted by molar-refractivity contribution is 14.0. The van der Waals surface area contributed by atoms with E-state index in [0.717, 1.165) is 71.5 Å². The Bertz CT molecular complexity index is 386. The number of aliphatic imine (C=N–C) groups is 1. The molecule has 2 fully saturated rings. The molecule has 25 heavy (non-hydrogen) atoms. The van der Waals surface area contributed by atoms with Crippen LogP contribution in [-0.2, 0) is 4.74 Å². The molecule has 2 unspecified atom stereocenters. The number of morpholine rings is 1. The minimum atomic E-state index is 0. The number of nitrogens with one attached hydrogen (secondary N) is 1. The smallest absolute Gasteiger partial charge is 0.194 e. The van der Waals surface area contributed by atoms with E-state index < -0.39 is 0 Å². The molecule has 2 heterocycles. The van der Waals surface area contributed by atoms with E-state index in [4.69, 9.17) is 9.73 Å². The van der Waals surface area contributed by atoms with E-state index in [1.807, 2.05) is 0 Å². The van der Waals surface area contributed by atoms with Crippen LogP contribution in [0.1, 0.15) is 34.1 Å². The lowest BCUT2D eigenvalue weighted by Gasteiger charge is -2.32. The van der Waals surface area contributed by atoms with Gasteiger partial charge in [0.1, 0.15) is 0 Å². The largest absolute Gasteiger partial charge is 0.379 e. The lowest BCUT2D eigenvalue weighted by Crippen LogP contribution is -2.47. The Morgan fingerprint density at radius 1 is 1.20 bits per heavy atom. The quantitative estimate of drug-likeness (QED) is 0.351. The highest BCUT2D eigenvalue weighted by atomic mass is 127. The number of guanidine groups is 1. The second kappa shape index (κ2) is 12.3. The van der Waals surface area contributed by atoms with Gasteiger partial charge in [0.15, 0.2) is 5.96 Å². The Labute approximate surface area is 171 Å². The minimum absolute atomic E-state index is 0. The molecule has 0 aromatic carbocycles. The fourth-order valence-electron chi connectivity index (χ4n) is 3.78. The van der Waals surface area contributed by atoms with Crippen LogP contribution in [0.5, 0.6) is 0 Å². The van der Waals surface area contributed by atoms with E-state index in [-0.39, 0.29) is 24.0 Å². The first-order valence-corrected chi connectivity index (χ1v) is 9.78. The van der Waals surface area contributed by atoms with E-state index in [0.29, 0.717) is 12.1 Å². The number of nitrogens with zero attached hydrogens (tertiary/aromatic N) is 4. The van der Waals surface area contributed by atoms with Gasteiger partial charge in [-0.3, -0.25) is 14.8 Å². The molecule has 0 aliphatic carbocycles. The summed E-state index contributed by atoms with van der Waals surface area (Å²) in [5, 5.41) is 3.49. The highest BCUT2D eigenvalue weighted by Gasteiger charge is 2.30. The molecule has 2 aliphatic heterocycles. The van der Waals surface area contributed by atoms with Crippen LogP contribution in [0.15, 0.2) is 4.99 Å². The number of likely N-dealkylation sites (N-methyl/N-ethyl adjacent to an activating group) is 1. The molecule has 0 bridgehead atoms. The van der Waals surface area contributed by atoms with Gasteiger partial charge in [-0.2, -0.15) is 0 Å². The second-order valence-corrected chi connectivity index (χ2v) is 6.80. The molecule has 0 saturated carbocycles. The van der Waals surface area contributed by atoms with Gasteiger partial charge in [-0.1, -0.05) is 13.8 Å². The van der Waals surface area contributed by atoms with E-state index in [1.54, 1.807) is 0 Å². The predicted octanol–water partition coefficient (Wildman–Crippen LogP) is 1.71. The molecule has 0 radical (unpaired) electrons. The van der Waals surface area contributed by atoms with Crippen molar-refractivity contribution in [3.05, 3.63) is 0 Å². The van der Waals surface area contributed by atoms with Gasteiger partial charge in [-0.25, -0.2) is 0 Å². The molecular formula is C18H38IN5O. The minimum Gasteiger partial charge on any atom is -0.379 e. The Kier molecular flexibility index (Phi) is 11.3. The summed E-state index contributed by atoms with van der Waals surface area (Å²) in [6.45, 7) is 19.0. The standard InChI is InChI=1S/C18H37N5O.HI/c1-5-19-18(20-14-16(4)21(6-2)7-3)23-9-8-17(15-23)22-10-12-24-13-11-22;/h16-17H,5-15H2,1-4H3,(H,19,20);1H. The molecule has 0 aromatic heterocycles. The van der Waals surface area contributed by atoms with Crippen molar-refractivity contribution in [1.29, 1.82) is 0 Å². The van der Waals surface area contributed by atoms with Crippen molar-refractivity contribution in [3.8, 4) is 0 Å². The lowest BCUT2D eigenvalue weighted by molar-refractivity contribution is 0.0195. The molecule has 1 N–H and O–H groups in total. The maximum Gasteiger partial charge on any atom is 0.194 e. The topological polar surface area (TPSA) is 43.3 Å². The molecule has 2 rings (SSSR count). The number of likely N-dealkylation sites (tertiary alicyclic amines) is 1. The second-order valence-electron chi connectivity index (χ2n) is 6.80. The molecule has 2 atom stereocenters. The van der Waals surface area contributed by atoms with Crippen LogP contribution in [0.3, 0.4) is 0 Å². The normalized spacial score (nSPS) is 23.6. The van der Waals surface area contributed by atoms with Crippen LogP contribution in [0, 0.1) is 0 Å². The van der Waals surface area contributed by atoms with Crippen LogP contribution >= 0.6 is 24.0 Å². The van der Waals surface area contributed by atoms with Crippen molar-refractivity contribution in [2.45, 2.75) is 46.2 Å². The summed E-state index contributed by atoms with van der Waals surface area (Å²) in [4.78, 5) is 12.4. The van der Waals surface area contributed by atoms with E-state index in [9.17, 15) is 0 Å². The average molecular weight is 467 g/mol. The molecular weight excluding hydrogens is 429 g/mol. The van der Waals surface area contributed by atoms with Gasteiger partial charge in [-0.05, 0) is 33.4 Å². The third-order valence-electron chi connectivity index (χ3n) is 5.30. The van der Waals surface area contributed by atoms with Crippen molar-refractivity contribution in [2.75, 3.05) is 65.6 Å². The van der Waals surface area contributed by atoms with Crippen LogP contribution < -0.4 is 5.32 Å². The molecule has 0 amide bonds. The average Bonchev–Trinajstić information content (AvgIpc) is 3.10. The summed E-state index contributed by atoms with van der Waals surface area (Å²) < 4.78 is 5.48. The fourth-order valence-corrected chi connectivity index (χ4v) is 3.78. The van der Waals surface area contributed by atoms with Crippen LogP contribution in [0.25, 0.3) is 0 Å². The first-order valence-electron chi connectivity index (χ1n) is 9.78. The van der Waals surface area contributed by atoms with Crippen molar-refractivity contribution < 1.29 is 4.74 Å². The summed E-state index contributed by atoms with van der Waals surface area (Å²) in [7, 11) is 0. The highest BCUT2D eigenvalue weighted by Crippen LogP contribution is 2.17. The molecule has 0 spiro atoms. The van der Waals surface area contributed by atoms with Gasteiger partial charge in [-0.15, -0.1) is 24.0 Å². The maximum absolute atomic E-state index is 5.48. The van der Waals surface area contributed by atoms with Gasteiger partial charge in [0.25, 0.3) is 0 Å². The van der Waals surface area contributed by atoms with Crippen molar-refractivity contribution in [2.24, 2.45) is 4.99 Å². The van der Waals surface area contributed by atoms with Gasteiger partial charge in [0, 0.05) is 44.8 Å². The van der Waals surface area contributed by atoms with Crippen LogP contribution in [-0.4, -0.2) is 98.3 Å². The lowest BCUT2D eigenvalue weighted by atomic mass is 10.2. The van der Waals surface area contributed by atoms with Gasteiger partial charge < -0.3 is 15.0 Å². The number of rotatable bonds is 7.